The van der Waals surface area contributed by atoms with Crippen molar-refractivity contribution in [2.24, 2.45) is 0 Å². The molecular weight excluding hydrogens is 216 g/mol. The van der Waals surface area contributed by atoms with Crippen LogP contribution in [0.1, 0.15) is 11.1 Å². The smallest absolute Gasteiger partial charge is 0.207 e. The van der Waals surface area contributed by atoms with E-state index in [1.807, 2.05) is 0 Å². The van der Waals surface area contributed by atoms with Gasteiger partial charge < -0.3 is 0 Å². The van der Waals surface area contributed by atoms with Gasteiger partial charge in [-0.3, -0.25) is 0 Å². The molecule has 0 aliphatic carbocycles. The van der Waals surface area contributed by atoms with Crippen LogP contribution in [0.15, 0.2) is 18.2 Å². The zero-order valence-corrected chi connectivity index (χ0v) is 8.00. The number of hydrogen-bond donors (Lipinski definition) is 1. The van der Waals surface area contributed by atoms with Crippen LogP contribution in [0, 0.1) is 5.82 Å². The fraction of sp³-hybridized carbons (Fsp3) is 0.333. The van der Waals surface area contributed by atoms with Gasteiger partial charge in [-0.25, -0.2) is 4.39 Å². The quantitative estimate of drug-likeness (QED) is 0.578. The minimum Gasteiger partial charge on any atom is -0.207 e. The first kappa shape index (κ1) is 11.4. The molecular formula is C9H8F4S. The minimum atomic E-state index is -4.50. The highest BCUT2D eigenvalue weighted by Gasteiger charge is 2.33. The van der Waals surface area contributed by atoms with E-state index in [1.54, 1.807) is 0 Å². The first-order chi connectivity index (χ1) is 6.45. The van der Waals surface area contributed by atoms with E-state index in [4.69, 9.17) is 0 Å². The van der Waals surface area contributed by atoms with Crippen molar-refractivity contribution in [2.75, 3.05) is 5.75 Å². The Balaban J connectivity index is 3.16. The van der Waals surface area contributed by atoms with Gasteiger partial charge in [0.25, 0.3) is 0 Å². The summed E-state index contributed by atoms with van der Waals surface area (Å²) in [6, 6.07) is 2.68. The van der Waals surface area contributed by atoms with Gasteiger partial charge in [0.1, 0.15) is 5.82 Å². The van der Waals surface area contributed by atoms with E-state index >= 15 is 0 Å². The average molecular weight is 224 g/mol. The van der Waals surface area contributed by atoms with E-state index in [9.17, 15) is 17.6 Å². The molecule has 0 N–H and O–H groups in total. The first-order valence-electron chi connectivity index (χ1n) is 3.91. The topological polar surface area (TPSA) is 0 Å². The molecule has 0 fully saturated rings. The number of benzene rings is 1. The summed E-state index contributed by atoms with van der Waals surface area (Å²) >= 11 is 3.84. The highest BCUT2D eigenvalue weighted by molar-refractivity contribution is 7.80. The summed E-state index contributed by atoms with van der Waals surface area (Å²) in [6.45, 7) is 0. The Morgan fingerprint density at radius 1 is 1.21 bits per heavy atom. The van der Waals surface area contributed by atoms with Crippen molar-refractivity contribution >= 4 is 12.6 Å². The third-order valence-corrected chi connectivity index (χ3v) is 1.98. The third-order valence-electron chi connectivity index (χ3n) is 1.76. The fourth-order valence-corrected chi connectivity index (χ4v) is 1.39. The van der Waals surface area contributed by atoms with E-state index in [-0.39, 0.29) is 12.0 Å². The van der Waals surface area contributed by atoms with Gasteiger partial charge in [-0.2, -0.15) is 25.8 Å². The van der Waals surface area contributed by atoms with E-state index < -0.39 is 17.6 Å². The summed E-state index contributed by atoms with van der Waals surface area (Å²) in [4.78, 5) is 0. The molecule has 0 unspecified atom stereocenters. The van der Waals surface area contributed by atoms with Crippen LogP contribution >= 0.6 is 12.6 Å². The molecule has 0 amide bonds. The van der Waals surface area contributed by atoms with Crippen LogP contribution in [0.3, 0.4) is 0 Å². The predicted molar refractivity (Wildman–Crippen MR) is 49.0 cm³/mol. The highest BCUT2D eigenvalue weighted by Crippen LogP contribution is 2.32. The van der Waals surface area contributed by atoms with Crippen LogP contribution in [0.5, 0.6) is 0 Å². The maximum atomic E-state index is 12.6. The molecule has 0 radical (unpaired) electrons. The predicted octanol–water partition coefficient (Wildman–Crippen LogP) is 3.32. The largest absolute Gasteiger partial charge is 0.416 e. The molecule has 0 aliphatic heterocycles. The molecule has 1 aromatic rings. The Bertz CT molecular complexity index is 319. The number of thiol groups is 1. The first-order valence-corrected chi connectivity index (χ1v) is 4.55. The number of hydrogen-bond acceptors (Lipinski definition) is 1. The minimum absolute atomic E-state index is 0.0777. The van der Waals surface area contributed by atoms with Crippen molar-refractivity contribution in [3.63, 3.8) is 0 Å². The standard InChI is InChI=1S/C9H8F4S/c10-7-2-1-6(3-4-14)8(5-7)9(11,12)13/h1-2,5,14H,3-4H2. The third kappa shape index (κ3) is 2.64. The lowest BCUT2D eigenvalue weighted by atomic mass is 10.0. The lowest BCUT2D eigenvalue weighted by molar-refractivity contribution is -0.138. The highest BCUT2D eigenvalue weighted by atomic mass is 32.1. The Kier molecular flexibility index (Phi) is 3.42. The van der Waals surface area contributed by atoms with Gasteiger partial charge in [0, 0.05) is 0 Å². The molecule has 5 heteroatoms. The fourth-order valence-electron chi connectivity index (χ4n) is 1.15. The lowest BCUT2D eigenvalue weighted by Crippen LogP contribution is -2.10. The van der Waals surface area contributed by atoms with Gasteiger partial charge in [0.05, 0.1) is 5.56 Å². The van der Waals surface area contributed by atoms with Crippen molar-refractivity contribution < 1.29 is 17.6 Å². The molecule has 0 atom stereocenters. The maximum absolute atomic E-state index is 12.6. The molecule has 0 bridgehead atoms. The van der Waals surface area contributed by atoms with Crippen LogP contribution in [-0.4, -0.2) is 5.75 Å². The van der Waals surface area contributed by atoms with Gasteiger partial charge in [-0.15, -0.1) is 0 Å². The molecule has 0 saturated heterocycles. The van der Waals surface area contributed by atoms with E-state index in [0.29, 0.717) is 11.8 Å². The van der Waals surface area contributed by atoms with Gasteiger partial charge in [-0.1, -0.05) is 6.07 Å². The molecule has 0 saturated carbocycles. The van der Waals surface area contributed by atoms with E-state index in [1.165, 1.54) is 0 Å². The number of aryl methyl sites for hydroxylation is 1. The number of alkyl halides is 3. The summed E-state index contributed by atoms with van der Waals surface area (Å²) in [5, 5.41) is 0. The Morgan fingerprint density at radius 2 is 1.86 bits per heavy atom. The van der Waals surface area contributed by atoms with Crippen LogP contribution < -0.4 is 0 Å². The number of rotatable bonds is 2. The van der Waals surface area contributed by atoms with Crippen LogP contribution in [-0.2, 0) is 12.6 Å². The van der Waals surface area contributed by atoms with Gasteiger partial charge in [0.2, 0.25) is 0 Å². The summed E-state index contributed by atoms with van der Waals surface area (Å²) in [5.74, 6) is -0.574. The monoisotopic (exact) mass is 224 g/mol. The summed E-state index contributed by atoms with van der Waals surface area (Å²) in [7, 11) is 0. The molecule has 0 heterocycles. The molecule has 0 aromatic heterocycles. The maximum Gasteiger partial charge on any atom is 0.416 e. The summed E-state index contributed by atoms with van der Waals surface area (Å²) < 4.78 is 49.7. The SMILES string of the molecule is Fc1ccc(CCS)c(C(F)(F)F)c1. The normalized spacial score (nSPS) is 11.8. The lowest BCUT2D eigenvalue weighted by Gasteiger charge is -2.11. The summed E-state index contributed by atoms with van der Waals surface area (Å²) in [5.41, 5.74) is -0.833. The van der Waals surface area contributed by atoms with Crippen molar-refractivity contribution in [3.05, 3.63) is 35.1 Å². The molecule has 0 spiro atoms. The van der Waals surface area contributed by atoms with Crippen LogP contribution in [0.2, 0.25) is 0 Å². The number of halogens is 4. The van der Waals surface area contributed by atoms with Gasteiger partial charge in [0.15, 0.2) is 0 Å². The van der Waals surface area contributed by atoms with Crippen molar-refractivity contribution in [3.8, 4) is 0 Å². The zero-order valence-electron chi connectivity index (χ0n) is 7.11. The molecule has 0 nitrogen and oxygen atoms in total. The molecule has 78 valence electrons. The molecule has 1 rings (SSSR count). The Hall–Kier alpha value is -0.710. The van der Waals surface area contributed by atoms with Gasteiger partial charge in [-0.05, 0) is 29.9 Å². The summed E-state index contributed by atoms with van der Waals surface area (Å²) in [6.07, 6.45) is -4.32. The van der Waals surface area contributed by atoms with Gasteiger partial charge >= 0.3 is 6.18 Å². The molecule has 0 aliphatic rings. The van der Waals surface area contributed by atoms with E-state index in [2.05, 4.69) is 12.6 Å². The van der Waals surface area contributed by atoms with Crippen molar-refractivity contribution in [1.82, 2.24) is 0 Å². The second-order valence-electron chi connectivity index (χ2n) is 2.77. The van der Waals surface area contributed by atoms with Crippen LogP contribution in [0.4, 0.5) is 17.6 Å². The Labute approximate surface area is 84.3 Å². The zero-order chi connectivity index (χ0) is 10.8. The van der Waals surface area contributed by atoms with Crippen molar-refractivity contribution in [2.45, 2.75) is 12.6 Å². The molecule has 14 heavy (non-hydrogen) atoms. The Morgan fingerprint density at radius 3 is 2.36 bits per heavy atom. The second kappa shape index (κ2) is 4.21. The van der Waals surface area contributed by atoms with Crippen molar-refractivity contribution in [1.29, 1.82) is 0 Å². The van der Waals surface area contributed by atoms with Crippen LogP contribution in [0.25, 0.3) is 0 Å². The van der Waals surface area contributed by atoms with E-state index in [0.717, 1.165) is 12.1 Å². The second-order valence-corrected chi connectivity index (χ2v) is 3.22. The average Bonchev–Trinajstić information content (AvgIpc) is 2.07. The molecule has 1 aromatic carbocycles.